The van der Waals surface area contributed by atoms with Crippen LogP contribution in [0.2, 0.25) is 0 Å². The van der Waals surface area contributed by atoms with E-state index in [1.165, 1.54) is 18.5 Å². The molecular weight excluding hydrogens is 303 g/mol. The highest BCUT2D eigenvalue weighted by Crippen LogP contribution is 2.31. The Kier molecular flexibility index (Phi) is 4.13. The van der Waals surface area contributed by atoms with Crippen LogP contribution in [0.4, 0.5) is 10.2 Å². The standard InChI is InChI=1S/C15H13FN4O3/c1-2-22-11(21)7-17-14-12-13(9-3-5-10(16)6-4-9)20-23-15(12)19-8-18-14/h3-6,8H,2,7H2,1H3,(H,17,18,19). The summed E-state index contributed by atoms with van der Waals surface area (Å²) in [5.41, 5.74) is 1.39. The van der Waals surface area contributed by atoms with Crippen LogP contribution in [0.1, 0.15) is 6.92 Å². The summed E-state index contributed by atoms with van der Waals surface area (Å²) in [5.74, 6) is -0.360. The van der Waals surface area contributed by atoms with E-state index in [2.05, 4.69) is 20.4 Å². The molecule has 0 unspecified atom stereocenters. The number of carbonyl (C=O) groups is 1. The number of aromatic nitrogens is 3. The van der Waals surface area contributed by atoms with E-state index in [0.717, 1.165) is 0 Å². The Morgan fingerprint density at radius 1 is 1.30 bits per heavy atom. The van der Waals surface area contributed by atoms with E-state index in [1.807, 2.05) is 0 Å². The second-order valence-electron chi connectivity index (χ2n) is 4.60. The summed E-state index contributed by atoms with van der Waals surface area (Å²) in [4.78, 5) is 19.6. The molecule has 0 spiro atoms. The number of nitrogens with one attached hydrogen (secondary N) is 1. The first-order valence-corrected chi connectivity index (χ1v) is 6.95. The number of esters is 1. The maximum Gasteiger partial charge on any atom is 0.325 e. The van der Waals surface area contributed by atoms with E-state index in [0.29, 0.717) is 29.1 Å². The Hall–Kier alpha value is -3.03. The van der Waals surface area contributed by atoms with E-state index in [1.54, 1.807) is 19.1 Å². The third-order valence-corrected chi connectivity index (χ3v) is 3.10. The molecule has 0 aliphatic carbocycles. The Balaban J connectivity index is 1.97. The zero-order valence-electron chi connectivity index (χ0n) is 12.2. The lowest BCUT2D eigenvalue weighted by Gasteiger charge is -2.06. The van der Waals surface area contributed by atoms with Crippen molar-refractivity contribution in [1.82, 2.24) is 15.1 Å². The molecule has 2 heterocycles. The second kappa shape index (κ2) is 6.39. The first-order chi connectivity index (χ1) is 11.2. The van der Waals surface area contributed by atoms with Crippen LogP contribution in [0.3, 0.4) is 0 Å². The minimum Gasteiger partial charge on any atom is -0.465 e. The van der Waals surface area contributed by atoms with E-state index in [-0.39, 0.29) is 18.1 Å². The molecule has 0 saturated heterocycles. The molecule has 118 valence electrons. The van der Waals surface area contributed by atoms with Crippen molar-refractivity contribution in [1.29, 1.82) is 0 Å². The monoisotopic (exact) mass is 316 g/mol. The fourth-order valence-electron chi connectivity index (χ4n) is 2.09. The molecule has 8 heteroatoms. The Morgan fingerprint density at radius 3 is 2.83 bits per heavy atom. The molecule has 0 radical (unpaired) electrons. The highest BCUT2D eigenvalue weighted by Gasteiger charge is 2.17. The average Bonchev–Trinajstić information content (AvgIpc) is 2.98. The minimum atomic E-state index is -0.404. The van der Waals surface area contributed by atoms with Crippen molar-refractivity contribution in [2.75, 3.05) is 18.5 Å². The van der Waals surface area contributed by atoms with Gasteiger partial charge in [-0.2, -0.15) is 4.98 Å². The molecule has 0 saturated carbocycles. The molecule has 0 bridgehead atoms. The van der Waals surface area contributed by atoms with Crippen LogP contribution in [-0.4, -0.2) is 34.2 Å². The van der Waals surface area contributed by atoms with Gasteiger partial charge in [-0.05, 0) is 31.2 Å². The Bertz CT molecular complexity index is 832. The SMILES string of the molecule is CCOC(=O)CNc1ncnc2onc(-c3ccc(F)cc3)c12. The lowest BCUT2D eigenvalue weighted by atomic mass is 10.1. The van der Waals surface area contributed by atoms with E-state index < -0.39 is 5.97 Å². The van der Waals surface area contributed by atoms with Gasteiger partial charge in [-0.25, -0.2) is 9.37 Å². The van der Waals surface area contributed by atoms with Crippen molar-refractivity contribution < 1.29 is 18.4 Å². The van der Waals surface area contributed by atoms with E-state index >= 15 is 0 Å². The van der Waals surface area contributed by atoms with Crippen molar-refractivity contribution in [2.24, 2.45) is 0 Å². The van der Waals surface area contributed by atoms with Crippen LogP contribution in [0, 0.1) is 5.82 Å². The maximum absolute atomic E-state index is 13.1. The Labute approximate surface area is 130 Å². The zero-order chi connectivity index (χ0) is 16.2. The van der Waals surface area contributed by atoms with Gasteiger partial charge in [-0.15, -0.1) is 0 Å². The number of carbonyl (C=O) groups excluding carboxylic acids is 1. The highest BCUT2D eigenvalue weighted by molar-refractivity contribution is 5.98. The van der Waals surface area contributed by atoms with E-state index in [9.17, 15) is 9.18 Å². The number of hydrogen-bond acceptors (Lipinski definition) is 7. The van der Waals surface area contributed by atoms with Gasteiger partial charge in [0.1, 0.15) is 35.6 Å². The number of rotatable bonds is 5. The first kappa shape index (κ1) is 14.9. The minimum absolute atomic E-state index is 0.0476. The van der Waals surface area contributed by atoms with Crippen LogP contribution in [0.5, 0.6) is 0 Å². The maximum atomic E-state index is 13.1. The molecule has 0 aliphatic rings. The van der Waals surface area contributed by atoms with Crippen LogP contribution in [-0.2, 0) is 9.53 Å². The second-order valence-corrected chi connectivity index (χ2v) is 4.60. The molecule has 0 fully saturated rings. The van der Waals surface area contributed by atoms with Gasteiger partial charge in [-0.3, -0.25) is 4.79 Å². The van der Waals surface area contributed by atoms with Crippen molar-refractivity contribution in [3.63, 3.8) is 0 Å². The van der Waals surface area contributed by atoms with Crippen molar-refractivity contribution in [3.8, 4) is 11.3 Å². The number of anilines is 1. The molecular formula is C15H13FN4O3. The summed E-state index contributed by atoms with van der Waals surface area (Å²) >= 11 is 0. The molecule has 2 aromatic heterocycles. The molecule has 7 nitrogen and oxygen atoms in total. The normalized spacial score (nSPS) is 10.7. The zero-order valence-corrected chi connectivity index (χ0v) is 12.2. The third-order valence-electron chi connectivity index (χ3n) is 3.10. The molecule has 23 heavy (non-hydrogen) atoms. The molecule has 3 aromatic rings. The summed E-state index contributed by atoms with van der Waals surface area (Å²) in [5, 5.41) is 7.36. The summed E-state index contributed by atoms with van der Waals surface area (Å²) in [6, 6.07) is 5.81. The highest BCUT2D eigenvalue weighted by atomic mass is 19.1. The smallest absolute Gasteiger partial charge is 0.325 e. The summed E-state index contributed by atoms with van der Waals surface area (Å²) < 4.78 is 23.1. The lowest BCUT2D eigenvalue weighted by molar-refractivity contribution is -0.140. The van der Waals surface area contributed by atoms with Crippen LogP contribution >= 0.6 is 0 Å². The van der Waals surface area contributed by atoms with Crippen molar-refractivity contribution in [3.05, 3.63) is 36.4 Å². The quantitative estimate of drug-likeness (QED) is 0.723. The molecule has 0 aliphatic heterocycles. The first-order valence-electron chi connectivity index (χ1n) is 6.95. The predicted octanol–water partition coefficient (Wildman–Crippen LogP) is 2.40. The molecule has 0 atom stereocenters. The van der Waals surface area contributed by atoms with Crippen molar-refractivity contribution >= 4 is 22.9 Å². The van der Waals surface area contributed by atoms with Gasteiger partial charge in [0.2, 0.25) is 0 Å². The van der Waals surface area contributed by atoms with Gasteiger partial charge in [0, 0.05) is 5.56 Å². The van der Waals surface area contributed by atoms with Gasteiger partial charge in [0.05, 0.1) is 6.61 Å². The van der Waals surface area contributed by atoms with Crippen LogP contribution in [0.15, 0.2) is 35.1 Å². The number of fused-ring (bicyclic) bond motifs is 1. The van der Waals surface area contributed by atoms with Gasteiger partial charge >= 0.3 is 5.97 Å². The number of halogens is 1. The van der Waals surface area contributed by atoms with Crippen LogP contribution < -0.4 is 5.32 Å². The predicted molar refractivity (Wildman–Crippen MR) is 80.1 cm³/mol. The van der Waals surface area contributed by atoms with Gasteiger partial charge in [-0.1, -0.05) is 5.16 Å². The van der Waals surface area contributed by atoms with Crippen LogP contribution in [0.25, 0.3) is 22.4 Å². The summed E-state index contributed by atoms with van der Waals surface area (Å²) in [6.07, 6.45) is 1.30. The fraction of sp³-hybridized carbons (Fsp3) is 0.200. The fourth-order valence-corrected chi connectivity index (χ4v) is 2.09. The van der Waals surface area contributed by atoms with Gasteiger partial charge in [0.25, 0.3) is 5.71 Å². The number of ether oxygens (including phenoxy) is 1. The number of benzene rings is 1. The van der Waals surface area contributed by atoms with E-state index in [4.69, 9.17) is 9.26 Å². The summed E-state index contributed by atoms with van der Waals surface area (Å²) in [6.45, 7) is 1.98. The van der Waals surface area contributed by atoms with Gasteiger partial charge in [0.15, 0.2) is 0 Å². The average molecular weight is 316 g/mol. The third kappa shape index (κ3) is 3.10. The molecule has 3 rings (SSSR count). The number of hydrogen-bond donors (Lipinski definition) is 1. The lowest BCUT2D eigenvalue weighted by Crippen LogP contribution is -2.17. The topological polar surface area (TPSA) is 90.1 Å². The molecule has 1 N–H and O–H groups in total. The molecule has 0 amide bonds. The summed E-state index contributed by atoms with van der Waals surface area (Å²) in [7, 11) is 0. The van der Waals surface area contributed by atoms with Gasteiger partial charge < -0.3 is 14.6 Å². The largest absolute Gasteiger partial charge is 0.465 e. The number of nitrogens with zero attached hydrogens (tertiary/aromatic N) is 3. The Morgan fingerprint density at radius 2 is 2.09 bits per heavy atom. The van der Waals surface area contributed by atoms with Crippen molar-refractivity contribution in [2.45, 2.75) is 6.92 Å². The molecule has 1 aromatic carbocycles.